The van der Waals surface area contributed by atoms with Gasteiger partial charge in [-0.25, -0.2) is 12.8 Å². The zero-order valence-electron chi connectivity index (χ0n) is 15.2. The summed E-state index contributed by atoms with van der Waals surface area (Å²) in [6.07, 6.45) is -3.27. The molecule has 10 heteroatoms. The van der Waals surface area contributed by atoms with E-state index in [1.165, 1.54) is 18.4 Å². The number of nitrogens with one attached hydrogen (secondary N) is 1. The van der Waals surface area contributed by atoms with Gasteiger partial charge < -0.3 is 9.73 Å². The molecule has 0 saturated heterocycles. The van der Waals surface area contributed by atoms with Crippen molar-refractivity contribution in [3.63, 3.8) is 0 Å². The SMILES string of the molecule is O=C(NC[C@@H](c1ccco1)S(=O)(=O)c1ccc(F)cc1)c1ccc(C(F)(F)F)cc1. The number of rotatable bonds is 6. The molecule has 0 bridgehead atoms. The maximum absolute atomic E-state index is 13.2. The Balaban J connectivity index is 1.81. The van der Waals surface area contributed by atoms with E-state index < -0.39 is 45.1 Å². The van der Waals surface area contributed by atoms with Gasteiger partial charge in [0.15, 0.2) is 9.84 Å². The maximum atomic E-state index is 13.2. The van der Waals surface area contributed by atoms with Crippen LogP contribution >= 0.6 is 0 Å². The Hall–Kier alpha value is -3.14. The van der Waals surface area contributed by atoms with Crippen LogP contribution in [0, 0.1) is 5.82 Å². The molecule has 0 radical (unpaired) electrons. The third-order valence-electron chi connectivity index (χ3n) is 4.30. The van der Waals surface area contributed by atoms with Gasteiger partial charge in [-0.1, -0.05) is 0 Å². The van der Waals surface area contributed by atoms with Crippen molar-refractivity contribution in [1.29, 1.82) is 0 Å². The van der Waals surface area contributed by atoms with Gasteiger partial charge in [0.1, 0.15) is 16.8 Å². The van der Waals surface area contributed by atoms with Gasteiger partial charge in [-0.2, -0.15) is 13.2 Å². The first kappa shape index (κ1) is 21.6. The molecule has 1 aromatic heterocycles. The number of sulfone groups is 1. The van der Waals surface area contributed by atoms with Gasteiger partial charge >= 0.3 is 6.18 Å². The van der Waals surface area contributed by atoms with Crippen molar-refractivity contribution in [2.75, 3.05) is 6.54 Å². The predicted octanol–water partition coefficient (Wildman–Crippen LogP) is 4.38. The minimum atomic E-state index is -4.54. The number of hydrogen-bond donors (Lipinski definition) is 1. The van der Waals surface area contributed by atoms with Gasteiger partial charge in [-0.15, -0.1) is 0 Å². The van der Waals surface area contributed by atoms with E-state index in [0.29, 0.717) is 0 Å². The second-order valence-electron chi connectivity index (χ2n) is 6.29. The van der Waals surface area contributed by atoms with Crippen LogP contribution in [-0.4, -0.2) is 20.9 Å². The number of carbonyl (C=O) groups is 1. The minimum Gasteiger partial charge on any atom is -0.468 e. The van der Waals surface area contributed by atoms with Crippen LogP contribution in [0.3, 0.4) is 0 Å². The molecule has 1 amide bonds. The van der Waals surface area contributed by atoms with Crippen LogP contribution in [0.5, 0.6) is 0 Å². The quantitative estimate of drug-likeness (QED) is 0.455. The standard InChI is InChI=1S/C20H15F4NO4S/c21-15-7-9-16(10-8-15)30(27,28)18(17-2-1-11-29-17)12-25-19(26)13-3-5-14(6-4-13)20(22,23)24/h1-11,18H,12H2,(H,25,26)/t18-/m0/s1. The van der Waals surface area contributed by atoms with Crippen LogP contribution in [0.2, 0.25) is 0 Å². The molecule has 2 aromatic carbocycles. The number of hydrogen-bond acceptors (Lipinski definition) is 4. The maximum Gasteiger partial charge on any atom is 0.416 e. The number of benzene rings is 2. The van der Waals surface area contributed by atoms with Crippen molar-refractivity contribution < 1.29 is 35.2 Å². The number of carbonyl (C=O) groups excluding carboxylic acids is 1. The lowest BCUT2D eigenvalue weighted by Crippen LogP contribution is -2.31. The smallest absolute Gasteiger partial charge is 0.416 e. The molecule has 0 fully saturated rings. The molecule has 1 N–H and O–H groups in total. The van der Waals surface area contributed by atoms with E-state index in [9.17, 15) is 30.8 Å². The topological polar surface area (TPSA) is 76.4 Å². The van der Waals surface area contributed by atoms with Crippen molar-refractivity contribution >= 4 is 15.7 Å². The average Bonchev–Trinajstić information content (AvgIpc) is 3.22. The monoisotopic (exact) mass is 441 g/mol. The average molecular weight is 441 g/mol. The van der Waals surface area contributed by atoms with Crippen LogP contribution in [0.25, 0.3) is 0 Å². The normalized spacial score (nSPS) is 13.1. The second kappa shape index (κ2) is 8.31. The lowest BCUT2D eigenvalue weighted by molar-refractivity contribution is -0.137. The molecule has 0 unspecified atom stereocenters. The largest absolute Gasteiger partial charge is 0.468 e. The molecule has 0 aliphatic carbocycles. The molecule has 1 atom stereocenters. The highest BCUT2D eigenvalue weighted by molar-refractivity contribution is 7.91. The molecule has 3 rings (SSSR count). The van der Waals surface area contributed by atoms with E-state index in [1.54, 1.807) is 0 Å². The van der Waals surface area contributed by atoms with Crippen molar-refractivity contribution in [2.45, 2.75) is 16.3 Å². The third kappa shape index (κ3) is 4.70. The van der Waals surface area contributed by atoms with Crippen molar-refractivity contribution in [2.24, 2.45) is 0 Å². The molecule has 158 valence electrons. The van der Waals surface area contributed by atoms with Crippen LogP contribution in [0.15, 0.2) is 76.2 Å². The summed E-state index contributed by atoms with van der Waals surface area (Å²) in [4.78, 5) is 12.1. The highest BCUT2D eigenvalue weighted by Crippen LogP contribution is 2.30. The summed E-state index contributed by atoms with van der Waals surface area (Å²) in [6, 6.07) is 10.6. The Labute approximate surface area is 169 Å². The van der Waals surface area contributed by atoms with Gasteiger partial charge in [-0.3, -0.25) is 4.79 Å². The summed E-state index contributed by atoms with van der Waals surface area (Å²) in [5, 5.41) is 1.08. The summed E-state index contributed by atoms with van der Waals surface area (Å²) < 4.78 is 82.3. The van der Waals surface area contributed by atoms with Gasteiger partial charge in [0, 0.05) is 12.1 Å². The first-order valence-corrected chi connectivity index (χ1v) is 10.1. The number of amides is 1. The van der Waals surface area contributed by atoms with E-state index in [2.05, 4.69) is 5.32 Å². The highest BCUT2D eigenvalue weighted by atomic mass is 32.2. The Morgan fingerprint density at radius 3 is 2.17 bits per heavy atom. The molecule has 1 heterocycles. The van der Waals surface area contributed by atoms with E-state index in [-0.39, 0.29) is 16.2 Å². The first-order chi connectivity index (χ1) is 14.1. The van der Waals surface area contributed by atoms with Crippen LogP contribution in [0.1, 0.15) is 26.9 Å². The van der Waals surface area contributed by atoms with Crippen molar-refractivity contribution in [3.8, 4) is 0 Å². The summed E-state index contributed by atoms with van der Waals surface area (Å²) in [5.41, 5.74) is -0.980. The second-order valence-corrected chi connectivity index (χ2v) is 8.42. The summed E-state index contributed by atoms with van der Waals surface area (Å²) >= 11 is 0. The third-order valence-corrected chi connectivity index (χ3v) is 6.38. The molecule has 0 aliphatic heterocycles. The molecule has 3 aromatic rings. The first-order valence-electron chi connectivity index (χ1n) is 8.57. The van der Waals surface area contributed by atoms with Gasteiger partial charge in [0.2, 0.25) is 0 Å². The van der Waals surface area contributed by atoms with Crippen LogP contribution < -0.4 is 5.32 Å². The number of alkyl halides is 3. The van der Waals surface area contributed by atoms with Gasteiger partial charge in [-0.05, 0) is 60.7 Å². The fourth-order valence-electron chi connectivity index (χ4n) is 2.72. The van der Waals surface area contributed by atoms with E-state index in [4.69, 9.17) is 4.42 Å². The zero-order valence-corrected chi connectivity index (χ0v) is 16.0. The molecular formula is C20H15F4NO4S. The summed E-state index contributed by atoms with van der Waals surface area (Å²) in [6.45, 7) is -0.410. The van der Waals surface area contributed by atoms with Crippen molar-refractivity contribution in [3.05, 3.63) is 89.6 Å². The Kier molecular flexibility index (Phi) is 5.97. The molecule has 0 spiro atoms. The van der Waals surface area contributed by atoms with Crippen LogP contribution in [0.4, 0.5) is 17.6 Å². The fourth-order valence-corrected chi connectivity index (χ4v) is 4.31. The van der Waals surface area contributed by atoms with Gasteiger partial charge in [0.05, 0.1) is 16.7 Å². The Morgan fingerprint density at radius 1 is 1.00 bits per heavy atom. The van der Waals surface area contributed by atoms with Gasteiger partial charge in [0.25, 0.3) is 5.91 Å². The zero-order chi connectivity index (χ0) is 21.9. The minimum absolute atomic E-state index is 0.0482. The molecule has 0 saturated carbocycles. The lowest BCUT2D eigenvalue weighted by Gasteiger charge is -2.17. The molecular weight excluding hydrogens is 426 g/mol. The van der Waals surface area contributed by atoms with E-state index in [0.717, 1.165) is 48.5 Å². The molecule has 5 nitrogen and oxygen atoms in total. The van der Waals surface area contributed by atoms with E-state index in [1.807, 2.05) is 0 Å². The van der Waals surface area contributed by atoms with Crippen LogP contribution in [-0.2, 0) is 16.0 Å². The number of halogens is 4. The summed E-state index contributed by atoms with van der Waals surface area (Å²) in [7, 11) is -4.07. The summed E-state index contributed by atoms with van der Waals surface area (Å²) in [5.74, 6) is -1.32. The van der Waals surface area contributed by atoms with E-state index >= 15 is 0 Å². The van der Waals surface area contributed by atoms with Crippen molar-refractivity contribution in [1.82, 2.24) is 5.32 Å². The Bertz CT molecular complexity index is 1110. The Morgan fingerprint density at radius 2 is 1.63 bits per heavy atom. The highest BCUT2D eigenvalue weighted by Gasteiger charge is 2.33. The fraction of sp³-hybridized carbons (Fsp3) is 0.150. The molecule has 0 aliphatic rings. The lowest BCUT2D eigenvalue weighted by atomic mass is 10.1. The molecule has 30 heavy (non-hydrogen) atoms. The predicted molar refractivity (Wildman–Crippen MR) is 98.8 cm³/mol. The number of furan rings is 1.